The van der Waals surface area contributed by atoms with Crippen LogP contribution in [0.3, 0.4) is 0 Å². The molecule has 0 aliphatic heterocycles. The maximum absolute atomic E-state index is 10.5. The highest BCUT2D eigenvalue weighted by atomic mass is 16.3. The van der Waals surface area contributed by atoms with E-state index in [1.807, 2.05) is 6.07 Å². The van der Waals surface area contributed by atoms with Crippen LogP contribution in [0.2, 0.25) is 0 Å². The monoisotopic (exact) mass is 197 g/mol. The molecule has 0 radical (unpaired) electrons. The van der Waals surface area contributed by atoms with E-state index < -0.39 is 0 Å². The number of nitriles is 1. The van der Waals surface area contributed by atoms with Crippen molar-refractivity contribution in [2.24, 2.45) is 0 Å². The van der Waals surface area contributed by atoms with Gasteiger partial charge >= 0.3 is 0 Å². The summed E-state index contributed by atoms with van der Waals surface area (Å²) in [5, 5.41) is 8.77. The third-order valence-corrected chi connectivity index (χ3v) is 2.12. The number of aldehydes is 1. The Labute approximate surface area is 86.6 Å². The van der Waals surface area contributed by atoms with Crippen LogP contribution in [-0.4, -0.2) is 6.29 Å². The normalized spacial score (nSPS) is 9.53. The molecule has 0 spiro atoms. The van der Waals surface area contributed by atoms with Crippen molar-refractivity contribution < 1.29 is 9.21 Å². The third kappa shape index (κ3) is 1.65. The van der Waals surface area contributed by atoms with Crippen LogP contribution in [0.1, 0.15) is 16.1 Å². The van der Waals surface area contributed by atoms with Crippen LogP contribution < -0.4 is 0 Å². The Bertz CT molecular complexity index is 517. The largest absolute Gasteiger partial charge is 0.453 e. The minimum atomic E-state index is 0.286. The Balaban J connectivity index is 2.46. The van der Waals surface area contributed by atoms with Crippen molar-refractivity contribution in [2.75, 3.05) is 0 Å². The number of carbonyl (C=O) groups is 1. The van der Waals surface area contributed by atoms with E-state index in [1.54, 1.807) is 30.3 Å². The maximum atomic E-state index is 10.5. The summed E-state index contributed by atoms with van der Waals surface area (Å²) in [7, 11) is 0. The second-order valence-electron chi connectivity index (χ2n) is 3.02. The molecule has 0 aliphatic rings. The molecule has 3 nitrogen and oxygen atoms in total. The van der Waals surface area contributed by atoms with E-state index in [0.29, 0.717) is 5.56 Å². The van der Waals surface area contributed by atoms with Crippen LogP contribution in [0.15, 0.2) is 41.0 Å². The lowest BCUT2D eigenvalue weighted by Gasteiger charge is -1.97. The van der Waals surface area contributed by atoms with E-state index in [1.165, 1.54) is 6.26 Å². The molecule has 0 saturated carbocycles. The fourth-order valence-electron chi connectivity index (χ4n) is 1.36. The Morgan fingerprint density at radius 3 is 2.53 bits per heavy atom. The van der Waals surface area contributed by atoms with E-state index >= 15 is 0 Å². The summed E-state index contributed by atoms with van der Waals surface area (Å²) in [5.41, 5.74) is 2.22. The van der Waals surface area contributed by atoms with Crippen molar-refractivity contribution in [1.82, 2.24) is 0 Å². The molecule has 2 rings (SSSR count). The van der Waals surface area contributed by atoms with Gasteiger partial charge in [0.2, 0.25) is 5.76 Å². The highest BCUT2D eigenvalue weighted by Gasteiger charge is 2.07. The summed E-state index contributed by atoms with van der Waals surface area (Å²) >= 11 is 0. The predicted molar refractivity (Wildman–Crippen MR) is 54.2 cm³/mol. The highest BCUT2D eigenvalue weighted by molar-refractivity contribution is 5.77. The third-order valence-electron chi connectivity index (χ3n) is 2.12. The summed E-state index contributed by atoms with van der Waals surface area (Å²) in [6.07, 6.45) is 2.26. The molecule has 3 heteroatoms. The molecule has 0 saturated heterocycles. The van der Waals surface area contributed by atoms with Crippen molar-refractivity contribution in [3.8, 4) is 17.2 Å². The molecule has 0 unspecified atom stereocenters. The molecule has 1 aromatic carbocycles. The fourth-order valence-corrected chi connectivity index (χ4v) is 1.36. The zero-order chi connectivity index (χ0) is 10.7. The number of furan rings is 1. The Hall–Kier alpha value is -2.34. The average Bonchev–Trinajstić information content (AvgIpc) is 2.77. The SMILES string of the molecule is N#Cc1occc1-c1ccc(C=O)cc1. The van der Waals surface area contributed by atoms with Gasteiger partial charge < -0.3 is 4.42 Å². The number of carbonyl (C=O) groups excluding carboxylic acids is 1. The smallest absolute Gasteiger partial charge is 0.211 e. The first-order chi connectivity index (χ1) is 7.35. The van der Waals surface area contributed by atoms with Crippen LogP contribution in [0.5, 0.6) is 0 Å². The molecule has 15 heavy (non-hydrogen) atoms. The Kier molecular flexibility index (Phi) is 2.34. The first-order valence-corrected chi connectivity index (χ1v) is 4.38. The number of benzene rings is 1. The van der Waals surface area contributed by atoms with E-state index in [4.69, 9.17) is 9.68 Å². The van der Waals surface area contributed by atoms with Gasteiger partial charge in [-0.3, -0.25) is 4.79 Å². The van der Waals surface area contributed by atoms with E-state index in [-0.39, 0.29) is 5.76 Å². The maximum Gasteiger partial charge on any atom is 0.211 e. The lowest BCUT2D eigenvalue weighted by Crippen LogP contribution is -1.81. The molecule has 0 N–H and O–H groups in total. The van der Waals surface area contributed by atoms with Gasteiger partial charge in [-0.05, 0) is 11.6 Å². The molecule has 1 heterocycles. The van der Waals surface area contributed by atoms with E-state index in [0.717, 1.165) is 17.4 Å². The van der Waals surface area contributed by atoms with Gasteiger partial charge in [-0.15, -0.1) is 0 Å². The lowest BCUT2D eigenvalue weighted by molar-refractivity contribution is 0.112. The van der Waals surface area contributed by atoms with Crippen LogP contribution in [0.25, 0.3) is 11.1 Å². The fraction of sp³-hybridized carbons (Fsp3) is 0. The average molecular weight is 197 g/mol. The van der Waals surface area contributed by atoms with Gasteiger partial charge in [-0.1, -0.05) is 24.3 Å². The van der Waals surface area contributed by atoms with Gasteiger partial charge in [0, 0.05) is 11.1 Å². The van der Waals surface area contributed by atoms with Crippen LogP contribution in [-0.2, 0) is 0 Å². The quantitative estimate of drug-likeness (QED) is 0.695. The van der Waals surface area contributed by atoms with Crippen molar-refractivity contribution in [3.63, 3.8) is 0 Å². The van der Waals surface area contributed by atoms with Gasteiger partial charge in [0.1, 0.15) is 12.4 Å². The van der Waals surface area contributed by atoms with Crippen LogP contribution in [0, 0.1) is 11.3 Å². The molecule has 0 atom stereocenters. The first kappa shape index (κ1) is 9.22. The summed E-state index contributed by atoms with van der Waals surface area (Å²) in [4.78, 5) is 10.5. The van der Waals surface area contributed by atoms with E-state index in [9.17, 15) is 4.79 Å². The van der Waals surface area contributed by atoms with Crippen molar-refractivity contribution >= 4 is 6.29 Å². The molecule has 1 aromatic heterocycles. The zero-order valence-corrected chi connectivity index (χ0v) is 7.81. The molecule has 0 fully saturated rings. The van der Waals surface area contributed by atoms with Crippen LogP contribution in [0.4, 0.5) is 0 Å². The molecular weight excluding hydrogens is 190 g/mol. The lowest BCUT2D eigenvalue weighted by atomic mass is 10.1. The number of nitrogens with zero attached hydrogens (tertiary/aromatic N) is 1. The van der Waals surface area contributed by atoms with Crippen molar-refractivity contribution in [1.29, 1.82) is 5.26 Å². The zero-order valence-electron chi connectivity index (χ0n) is 7.81. The number of hydrogen-bond acceptors (Lipinski definition) is 3. The standard InChI is InChI=1S/C12H7NO2/c13-7-12-11(5-6-15-12)10-3-1-9(8-14)2-4-10/h1-6,8H. The topological polar surface area (TPSA) is 54.0 Å². The predicted octanol–water partition coefficient (Wildman–Crippen LogP) is 2.63. The van der Waals surface area contributed by atoms with Gasteiger partial charge in [0.25, 0.3) is 0 Å². The summed E-state index contributed by atoms with van der Waals surface area (Å²) < 4.78 is 4.99. The Morgan fingerprint density at radius 1 is 1.20 bits per heavy atom. The van der Waals surface area contributed by atoms with Gasteiger partial charge in [-0.2, -0.15) is 5.26 Å². The summed E-state index contributed by atoms with van der Waals surface area (Å²) in [6, 6.07) is 10.7. The van der Waals surface area contributed by atoms with Crippen molar-refractivity contribution in [2.45, 2.75) is 0 Å². The second kappa shape index (κ2) is 3.81. The minimum absolute atomic E-state index is 0.286. The summed E-state index contributed by atoms with van der Waals surface area (Å²) in [6.45, 7) is 0. The summed E-state index contributed by atoms with van der Waals surface area (Å²) in [5.74, 6) is 0.286. The molecule has 0 aliphatic carbocycles. The highest BCUT2D eigenvalue weighted by Crippen LogP contribution is 2.24. The van der Waals surface area contributed by atoms with Gasteiger partial charge in [0.15, 0.2) is 0 Å². The first-order valence-electron chi connectivity index (χ1n) is 4.38. The van der Waals surface area contributed by atoms with Gasteiger partial charge in [0.05, 0.1) is 6.26 Å². The molecule has 2 aromatic rings. The van der Waals surface area contributed by atoms with Gasteiger partial charge in [-0.25, -0.2) is 0 Å². The second-order valence-corrected chi connectivity index (χ2v) is 3.02. The molecular formula is C12H7NO2. The van der Waals surface area contributed by atoms with Crippen molar-refractivity contribution in [3.05, 3.63) is 47.9 Å². The molecule has 72 valence electrons. The number of rotatable bonds is 2. The molecule has 0 bridgehead atoms. The van der Waals surface area contributed by atoms with Crippen LogP contribution >= 0.6 is 0 Å². The van der Waals surface area contributed by atoms with E-state index in [2.05, 4.69) is 0 Å². The Morgan fingerprint density at radius 2 is 1.93 bits per heavy atom. The minimum Gasteiger partial charge on any atom is -0.453 e. The molecule has 0 amide bonds. The number of hydrogen-bond donors (Lipinski definition) is 0.